The van der Waals surface area contributed by atoms with Crippen molar-refractivity contribution in [3.8, 4) is 0 Å². The fraction of sp³-hybridized carbons (Fsp3) is 0.941. The van der Waals surface area contributed by atoms with Gasteiger partial charge in [-0.1, -0.05) is 6.92 Å². The number of amides is 1. The van der Waals surface area contributed by atoms with Gasteiger partial charge in [-0.2, -0.15) is 0 Å². The zero-order chi connectivity index (χ0) is 21.0. The predicted octanol–water partition coefficient (Wildman–Crippen LogP) is -2.79. The third kappa shape index (κ3) is 5.17. The van der Waals surface area contributed by atoms with Crippen LogP contribution in [0.15, 0.2) is 0 Å². The van der Waals surface area contributed by atoms with Crippen molar-refractivity contribution in [3.05, 3.63) is 0 Å². The maximum absolute atomic E-state index is 11.7. The number of rotatable bonds is 7. The minimum Gasteiger partial charge on any atom is -0.394 e. The summed E-state index contributed by atoms with van der Waals surface area (Å²) < 4.78 is 22.3. The van der Waals surface area contributed by atoms with Crippen LogP contribution in [0.5, 0.6) is 0 Å². The summed E-state index contributed by atoms with van der Waals surface area (Å²) in [6.07, 6.45) is -10.7. The van der Waals surface area contributed by atoms with Crippen LogP contribution in [0.4, 0.5) is 0 Å². The third-order valence-corrected chi connectivity index (χ3v) is 4.81. The van der Waals surface area contributed by atoms with Gasteiger partial charge in [0, 0.05) is 13.5 Å². The molecule has 0 bridgehead atoms. The second-order valence-corrected chi connectivity index (χ2v) is 7.10. The zero-order valence-corrected chi connectivity index (χ0v) is 16.2. The van der Waals surface area contributed by atoms with Crippen molar-refractivity contribution in [3.63, 3.8) is 0 Å². The number of aliphatic hydroxyl groups excluding tert-OH is 5. The summed E-state index contributed by atoms with van der Waals surface area (Å²) in [5.74, 6) is -0.434. The van der Waals surface area contributed by atoms with Gasteiger partial charge in [0.25, 0.3) is 0 Å². The molecule has 2 aliphatic heterocycles. The Labute approximate surface area is 163 Å². The van der Waals surface area contributed by atoms with Crippen molar-refractivity contribution in [2.24, 2.45) is 0 Å². The lowest BCUT2D eigenvalue weighted by atomic mass is 9.95. The predicted molar refractivity (Wildman–Crippen MR) is 92.8 cm³/mol. The van der Waals surface area contributed by atoms with Crippen molar-refractivity contribution in [1.82, 2.24) is 5.32 Å². The summed E-state index contributed by atoms with van der Waals surface area (Å²) in [5.41, 5.74) is 0. The molecule has 2 heterocycles. The molecular weight excluding hydrogens is 378 g/mol. The topological polar surface area (TPSA) is 167 Å². The Kier molecular flexibility index (Phi) is 8.55. The van der Waals surface area contributed by atoms with Crippen molar-refractivity contribution in [1.29, 1.82) is 0 Å². The van der Waals surface area contributed by atoms with E-state index in [2.05, 4.69) is 5.32 Å². The average Bonchev–Trinajstić information content (AvgIpc) is 2.65. The van der Waals surface area contributed by atoms with Gasteiger partial charge in [0.05, 0.1) is 12.7 Å². The van der Waals surface area contributed by atoms with Crippen LogP contribution in [-0.2, 0) is 23.7 Å². The highest BCUT2D eigenvalue weighted by Gasteiger charge is 2.51. The van der Waals surface area contributed by atoms with E-state index in [1.165, 1.54) is 13.8 Å². The van der Waals surface area contributed by atoms with Gasteiger partial charge in [0.1, 0.15) is 42.7 Å². The smallest absolute Gasteiger partial charge is 0.217 e. The van der Waals surface area contributed by atoms with E-state index < -0.39 is 73.9 Å². The van der Waals surface area contributed by atoms with E-state index in [0.717, 1.165) is 0 Å². The number of aliphatic hydroxyl groups is 5. The number of carbonyl (C=O) groups excluding carboxylic acids is 1. The summed E-state index contributed by atoms with van der Waals surface area (Å²) in [6.45, 7) is 4.40. The minimum absolute atomic E-state index is 0.298. The summed E-state index contributed by atoms with van der Waals surface area (Å²) in [5, 5.41) is 52.7. The van der Waals surface area contributed by atoms with E-state index in [0.29, 0.717) is 13.0 Å². The van der Waals surface area contributed by atoms with E-state index in [4.69, 9.17) is 18.9 Å². The quantitative estimate of drug-likeness (QED) is 0.259. The fourth-order valence-corrected chi connectivity index (χ4v) is 3.27. The van der Waals surface area contributed by atoms with Gasteiger partial charge in [0.15, 0.2) is 12.6 Å². The summed E-state index contributed by atoms with van der Waals surface area (Å²) in [7, 11) is 0. The molecule has 164 valence electrons. The Morgan fingerprint density at radius 3 is 2.29 bits per heavy atom. The first-order chi connectivity index (χ1) is 13.2. The Morgan fingerprint density at radius 1 is 1.04 bits per heavy atom. The molecule has 2 saturated heterocycles. The molecule has 0 aromatic carbocycles. The molecule has 0 unspecified atom stereocenters. The van der Waals surface area contributed by atoms with Gasteiger partial charge in [0.2, 0.25) is 5.91 Å². The normalized spacial score (nSPS) is 44.3. The summed E-state index contributed by atoms with van der Waals surface area (Å²) in [4.78, 5) is 11.7. The largest absolute Gasteiger partial charge is 0.394 e. The molecule has 11 heteroatoms. The van der Waals surface area contributed by atoms with E-state index in [9.17, 15) is 30.3 Å². The molecule has 0 spiro atoms. The molecule has 28 heavy (non-hydrogen) atoms. The first-order valence-electron chi connectivity index (χ1n) is 9.39. The molecular formula is C17H31NO10. The van der Waals surface area contributed by atoms with Crippen LogP contribution in [0, 0.1) is 0 Å². The van der Waals surface area contributed by atoms with Crippen molar-refractivity contribution in [2.45, 2.75) is 88.5 Å². The molecule has 2 fully saturated rings. The number of hydrogen-bond acceptors (Lipinski definition) is 10. The number of ether oxygens (including phenoxy) is 4. The van der Waals surface area contributed by atoms with Crippen LogP contribution in [0.1, 0.15) is 27.2 Å². The molecule has 2 rings (SSSR count). The van der Waals surface area contributed by atoms with Crippen LogP contribution < -0.4 is 5.32 Å². The molecule has 6 N–H and O–H groups in total. The standard InChI is InChI=1S/C17H31NO10/c1-4-5-25-16-10(18-8(3)20)15(12(22)9(6-19)27-16)28-17-14(24)13(23)11(21)7(2)26-17/h7,9-17,19,21-24H,4-6H2,1-3H3,(H,18,20)/t7-,9+,10+,11+,12+,13+,14-,15+,16+,17-/m0/s1. The van der Waals surface area contributed by atoms with E-state index in [-0.39, 0.29) is 0 Å². The highest BCUT2D eigenvalue weighted by atomic mass is 16.7. The lowest BCUT2D eigenvalue weighted by Gasteiger charge is -2.47. The highest BCUT2D eigenvalue weighted by molar-refractivity contribution is 5.73. The summed E-state index contributed by atoms with van der Waals surface area (Å²) in [6, 6.07) is -0.975. The first-order valence-corrected chi connectivity index (χ1v) is 9.39. The maximum Gasteiger partial charge on any atom is 0.217 e. The van der Waals surface area contributed by atoms with Gasteiger partial charge >= 0.3 is 0 Å². The zero-order valence-electron chi connectivity index (χ0n) is 16.2. The molecule has 0 saturated carbocycles. The van der Waals surface area contributed by atoms with Crippen LogP contribution in [0.25, 0.3) is 0 Å². The molecule has 10 atom stereocenters. The molecule has 1 amide bonds. The molecule has 0 aromatic rings. The van der Waals surface area contributed by atoms with E-state index in [1.54, 1.807) is 0 Å². The molecule has 0 radical (unpaired) electrons. The van der Waals surface area contributed by atoms with Crippen molar-refractivity contribution in [2.75, 3.05) is 13.2 Å². The average molecular weight is 409 g/mol. The number of carbonyl (C=O) groups is 1. The van der Waals surface area contributed by atoms with Gasteiger partial charge < -0.3 is 49.8 Å². The van der Waals surface area contributed by atoms with E-state index in [1.807, 2.05) is 6.92 Å². The Balaban J connectivity index is 2.25. The summed E-state index contributed by atoms with van der Waals surface area (Å²) >= 11 is 0. The Bertz CT molecular complexity index is 508. The minimum atomic E-state index is -1.60. The van der Waals surface area contributed by atoms with Gasteiger partial charge in [-0.25, -0.2) is 0 Å². The molecule has 2 aliphatic rings. The molecule has 0 aromatic heterocycles. The third-order valence-electron chi connectivity index (χ3n) is 4.81. The monoisotopic (exact) mass is 409 g/mol. The number of hydrogen-bond donors (Lipinski definition) is 6. The number of nitrogens with one attached hydrogen (secondary N) is 1. The first kappa shape index (κ1) is 23.4. The maximum atomic E-state index is 11.7. The van der Waals surface area contributed by atoms with E-state index >= 15 is 0 Å². The van der Waals surface area contributed by atoms with Crippen molar-refractivity contribution < 1.29 is 49.3 Å². The Morgan fingerprint density at radius 2 is 1.71 bits per heavy atom. The van der Waals surface area contributed by atoms with Crippen LogP contribution in [0.3, 0.4) is 0 Å². The highest BCUT2D eigenvalue weighted by Crippen LogP contribution is 2.29. The lowest BCUT2D eigenvalue weighted by Crippen LogP contribution is -2.67. The second kappa shape index (κ2) is 10.2. The molecule has 11 nitrogen and oxygen atoms in total. The van der Waals surface area contributed by atoms with Gasteiger partial charge in [-0.15, -0.1) is 0 Å². The fourth-order valence-electron chi connectivity index (χ4n) is 3.27. The second-order valence-electron chi connectivity index (χ2n) is 7.10. The van der Waals surface area contributed by atoms with Crippen LogP contribution in [-0.4, -0.2) is 106 Å². The molecule has 0 aliphatic carbocycles. The van der Waals surface area contributed by atoms with Gasteiger partial charge in [-0.05, 0) is 13.3 Å². The lowest BCUT2D eigenvalue weighted by molar-refractivity contribution is -0.341. The Hall–Kier alpha value is -0.890. The van der Waals surface area contributed by atoms with Crippen LogP contribution >= 0.6 is 0 Å². The van der Waals surface area contributed by atoms with Crippen molar-refractivity contribution >= 4 is 5.91 Å². The SMILES string of the molecule is CCCO[C@@H]1O[C@H](CO)[C@@H](O)[C@H](O[C@@H]2O[C@@H](C)[C@@H](O)[C@@H](O)[C@@H]2O)[C@H]1NC(C)=O. The van der Waals surface area contributed by atoms with Gasteiger partial charge in [-0.3, -0.25) is 4.79 Å². The van der Waals surface area contributed by atoms with Crippen LogP contribution in [0.2, 0.25) is 0 Å².